The van der Waals surface area contributed by atoms with Gasteiger partial charge >= 0.3 is 0 Å². The summed E-state index contributed by atoms with van der Waals surface area (Å²) in [5.41, 5.74) is 0.874. The molecular formula is C21H33NOS. The first-order valence-corrected chi connectivity index (χ1v) is 10.8. The van der Waals surface area contributed by atoms with Crippen LogP contribution in [0.5, 0.6) is 0 Å². The molecule has 1 heterocycles. The Kier molecular flexibility index (Phi) is 9.52. The lowest BCUT2D eigenvalue weighted by molar-refractivity contribution is 0.0958. The lowest BCUT2D eigenvalue weighted by Gasteiger charge is -2.25. The summed E-state index contributed by atoms with van der Waals surface area (Å²) < 4.78 is 0. The predicted octanol–water partition coefficient (Wildman–Crippen LogP) is 5.81. The molecule has 1 aromatic rings. The van der Waals surface area contributed by atoms with Crippen LogP contribution in [0.15, 0.2) is 29.2 Å². The fourth-order valence-corrected chi connectivity index (χ4v) is 4.13. The predicted molar refractivity (Wildman–Crippen MR) is 105 cm³/mol. The molecule has 1 aromatic carbocycles. The largest absolute Gasteiger partial charge is 0.303 e. The molecule has 0 amide bonds. The molecule has 0 atom stereocenters. The van der Waals surface area contributed by atoms with Crippen LogP contribution in [0.4, 0.5) is 0 Å². The summed E-state index contributed by atoms with van der Waals surface area (Å²) in [5.74, 6) is 1.48. The van der Waals surface area contributed by atoms with Crippen LogP contribution < -0.4 is 0 Å². The maximum atomic E-state index is 12.3. The molecule has 0 bridgehead atoms. The van der Waals surface area contributed by atoms with E-state index in [0.29, 0.717) is 6.42 Å². The van der Waals surface area contributed by atoms with Crippen LogP contribution in [-0.4, -0.2) is 36.1 Å². The van der Waals surface area contributed by atoms with Gasteiger partial charge < -0.3 is 4.90 Å². The molecule has 0 aromatic heterocycles. The normalized spacial score (nSPS) is 15.5. The van der Waals surface area contributed by atoms with Crippen LogP contribution in [0.3, 0.4) is 0 Å². The molecule has 1 aliphatic rings. The van der Waals surface area contributed by atoms with Crippen molar-refractivity contribution in [2.45, 2.75) is 69.6 Å². The molecule has 2 rings (SSSR count). The number of unbranched alkanes of at least 4 members (excludes halogenated alkanes) is 4. The number of ketones is 1. The van der Waals surface area contributed by atoms with E-state index in [1.165, 1.54) is 75.1 Å². The van der Waals surface area contributed by atoms with Crippen LogP contribution in [0, 0.1) is 0 Å². The molecule has 24 heavy (non-hydrogen) atoms. The summed E-state index contributed by atoms with van der Waals surface area (Å²) in [5, 5.41) is 0. The lowest BCUT2D eigenvalue weighted by atomic mass is 10.1. The fraction of sp³-hybridized carbons (Fsp3) is 0.667. The molecule has 0 radical (unpaired) electrons. The minimum absolute atomic E-state index is 0.289. The minimum atomic E-state index is 0.289. The highest BCUT2D eigenvalue weighted by Crippen LogP contribution is 2.21. The third-order valence-electron chi connectivity index (χ3n) is 4.80. The second-order valence-electron chi connectivity index (χ2n) is 6.86. The molecule has 0 unspecified atom stereocenters. The zero-order valence-electron chi connectivity index (χ0n) is 15.3. The Labute approximate surface area is 152 Å². The summed E-state index contributed by atoms with van der Waals surface area (Å²) in [6.45, 7) is 5.51. The summed E-state index contributed by atoms with van der Waals surface area (Å²) in [6, 6.07) is 8.26. The van der Waals surface area contributed by atoms with Crippen molar-refractivity contribution in [3.8, 4) is 0 Å². The van der Waals surface area contributed by atoms with Gasteiger partial charge in [0.25, 0.3) is 0 Å². The van der Waals surface area contributed by atoms with E-state index in [0.717, 1.165) is 12.1 Å². The molecule has 0 saturated carbocycles. The van der Waals surface area contributed by atoms with E-state index in [1.54, 1.807) is 0 Å². The molecule has 0 N–H and O–H groups in total. The Morgan fingerprint density at radius 1 is 1.00 bits per heavy atom. The highest BCUT2D eigenvalue weighted by Gasteiger charge is 2.12. The average molecular weight is 348 g/mol. The SMILES string of the molecule is CCCCCCCSc1ccc(C(=O)CCN2CCCCC2)cc1. The smallest absolute Gasteiger partial charge is 0.164 e. The van der Waals surface area contributed by atoms with E-state index in [-0.39, 0.29) is 5.78 Å². The van der Waals surface area contributed by atoms with Gasteiger partial charge in [-0.3, -0.25) is 4.79 Å². The van der Waals surface area contributed by atoms with Crippen molar-refractivity contribution in [2.75, 3.05) is 25.4 Å². The third-order valence-corrected chi connectivity index (χ3v) is 5.89. The van der Waals surface area contributed by atoms with Crippen LogP contribution in [0.1, 0.15) is 75.1 Å². The molecule has 1 saturated heterocycles. The maximum Gasteiger partial charge on any atom is 0.164 e. The number of carbonyl (C=O) groups excluding carboxylic acids is 1. The fourth-order valence-electron chi connectivity index (χ4n) is 3.22. The van der Waals surface area contributed by atoms with Crippen LogP contribution in [-0.2, 0) is 0 Å². The van der Waals surface area contributed by atoms with Crippen molar-refractivity contribution in [1.82, 2.24) is 4.90 Å². The van der Waals surface area contributed by atoms with Gasteiger partial charge in [0.2, 0.25) is 0 Å². The zero-order valence-corrected chi connectivity index (χ0v) is 16.1. The van der Waals surface area contributed by atoms with Crippen molar-refractivity contribution in [2.24, 2.45) is 0 Å². The van der Waals surface area contributed by atoms with E-state index in [9.17, 15) is 4.79 Å². The van der Waals surface area contributed by atoms with E-state index < -0.39 is 0 Å². The van der Waals surface area contributed by atoms with Crippen LogP contribution in [0.2, 0.25) is 0 Å². The van der Waals surface area contributed by atoms with Gasteiger partial charge in [0.05, 0.1) is 0 Å². The highest BCUT2D eigenvalue weighted by molar-refractivity contribution is 7.99. The van der Waals surface area contributed by atoms with Gasteiger partial charge in [-0.25, -0.2) is 0 Å². The van der Waals surface area contributed by atoms with Crippen LogP contribution >= 0.6 is 11.8 Å². The Morgan fingerprint density at radius 2 is 1.71 bits per heavy atom. The van der Waals surface area contributed by atoms with Gasteiger partial charge in [-0.1, -0.05) is 51.2 Å². The lowest BCUT2D eigenvalue weighted by Crippen LogP contribution is -2.31. The minimum Gasteiger partial charge on any atom is -0.303 e. The van der Waals surface area contributed by atoms with Crippen molar-refractivity contribution >= 4 is 17.5 Å². The number of piperidine rings is 1. The summed E-state index contributed by atoms with van der Waals surface area (Å²) >= 11 is 1.92. The highest BCUT2D eigenvalue weighted by atomic mass is 32.2. The third kappa shape index (κ3) is 7.40. The van der Waals surface area contributed by atoms with Gasteiger partial charge in [-0.2, -0.15) is 0 Å². The number of rotatable bonds is 11. The standard InChI is InChI=1S/C21H33NOS/c1-2-3-4-5-9-18-24-20-12-10-19(11-13-20)21(23)14-17-22-15-7-6-8-16-22/h10-13H,2-9,14-18H2,1H3. The zero-order chi connectivity index (χ0) is 17.0. The maximum absolute atomic E-state index is 12.3. The first-order chi connectivity index (χ1) is 11.8. The van der Waals surface area contributed by atoms with Gasteiger partial charge in [0.15, 0.2) is 5.78 Å². The second-order valence-corrected chi connectivity index (χ2v) is 8.03. The Balaban J connectivity index is 1.65. The van der Waals surface area contributed by atoms with E-state index in [4.69, 9.17) is 0 Å². The molecule has 1 fully saturated rings. The van der Waals surface area contributed by atoms with Gasteiger partial charge in [-0.15, -0.1) is 11.8 Å². The molecular weight excluding hydrogens is 314 g/mol. The van der Waals surface area contributed by atoms with Crippen molar-refractivity contribution in [3.05, 3.63) is 29.8 Å². The number of nitrogens with zero attached hydrogens (tertiary/aromatic N) is 1. The first-order valence-electron chi connectivity index (χ1n) is 9.78. The summed E-state index contributed by atoms with van der Waals surface area (Å²) in [4.78, 5) is 16.1. The molecule has 3 heteroatoms. The number of benzene rings is 1. The number of likely N-dealkylation sites (tertiary alicyclic amines) is 1. The average Bonchev–Trinajstić information content (AvgIpc) is 2.64. The van der Waals surface area contributed by atoms with Gasteiger partial charge in [0, 0.05) is 23.4 Å². The molecule has 0 aliphatic carbocycles. The van der Waals surface area contributed by atoms with Crippen molar-refractivity contribution in [1.29, 1.82) is 0 Å². The molecule has 0 spiro atoms. The molecule has 1 aliphatic heterocycles. The number of hydrogen-bond donors (Lipinski definition) is 0. The Morgan fingerprint density at radius 3 is 2.42 bits per heavy atom. The number of hydrogen-bond acceptors (Lipinski definition) is 3. The van der Waals surface area contributed by atoms with E-state index >= 15 is 0 Å². The first kappa shape index (κ1) is 19.5. The van der Waals surface area contributed by atoms with Crippen molar-refractivity contribution in [3.63, 3.8) is 0 Å². The summed E-state index contributed by atoms with van der Waals surface area (Å²) in [6.07, 6.45) is 11.2. The monoisotopic (exact) mass is 347 g/mol. The van der Waals surface area contributed by atoms with Gasteiger partial charge in [0.1, 0.15) is 0 Å². The van der Waals surface area contributed by atoms with E-state index in [1.807, 2.05) is 23.9 Å². The Bertz CT molecular complexity index is 465. The topological polar surface area (TPSA) is 20.3 Å². The van der Waals surface area contributed by atoms with E-state index in [2.05, 4.69) is 24.0 Å². The quantitative estimate of drug-likeness (QED) is 0.286. The summed E-state index contributed by atoms with van der Waals surface area (Å²) in [7, 11) is 0. The number of Topliss-reactive ketones (excluding diaryl/α,β-unsaturated/α-hetero) is 1. The molecule has 2 nitrogen and oxygen atoms in total. The van der Waals surface area contributed by atoms with Crippen LogP contribution in [0.25, 0.3) is 0 Å². The number of carbonyl (C=O) groups is 1. The number of thioether (sulfide) groups is 1. The Hall–Kier alpha value is -0.800. The second kappa shape index (κ2) is 11.7. The van der Waals surface area contributed by atoms with Crippen molar-refractivity contribution < 1.29 is 4.79 Å². The van der Waals surface area contributed by atoms with Gasteiger partial charge in [-0.05, 0) is 50.2 Å². The molecule has 134 valence electrons.